The summed E-state index contributed by atoms with van der Waals surface area (Å²) >= 11 is 0. The van der Waals surface area contributed by atoms with Gasteiger partial charge in [0.05, 0.1) is 17.1 Å². The molecule has 1 spiro atoms. The number of carbonyl (C=O) groups is 1. The third-order valence-corrected chi connectivity index (χ3v) is 7.55. The van der Waals surface area contributed by atoms with Crippen LogP contribution in [0.1, 0.15) is 31.2 Å². The molecular formula is C20H26N2O4S. The van der Waals surface area contributed by atoms with Gasteiger partial charge in [0.1, 0.15) is 0 Å². The summed E-state index contributed by atoms with van der Waals surface area (Å²) in [5, 5.41) is 3.12. The molecule has 7 heteroatoms. The van der Waals surface area contributed by atoms with E-state index in [0.717, 1.165) is 18.4 Å². The Hall–Kier alpha value is -1.86. The van der Waals surface area contributed by atoms with Crippen molar-refractivity contribution in [1.82, 2.24) is 10.2 Å². The van der Waals surface area contributed by atoms with E-state index in [1.165, 1.54) is 5.57 Å². The SMILES string of the molecule is O=C(NC1CCOC2(CCS(=O)(=O)C2)C1)N1CCC=C(c2ccccc2)C1. The molecular weight excluding hydrogens is 364 g/mol. The van der Waals surface area contributed by atoms with E-state index < -0.39 is 15.4 Å². The van der Waals surface area contributed by atoms with Gasteiger partial charge in [-0.15, -0.1) is 0 Å². The van der Waals surface area contributed by atoms with Gasteiger partial charge in [0.25, 0.3) is 0 Å². The van der Waals surface area contributed by atoms with Crippen LogP contribution in [-0.4, -0.2) is 62.2 Å². The maximum Gasteiger partial charge on any atom is 0.317 e. The lowest BCUT2D eigenvalue weighted by molar-refractivity contribution is -0.0690. The molecule has 3 heterocycles. The molecule has 146 valence electrons. The lowest BCUT2D eigenvalue weighted by Crippen LogP contribution is -2.52. The number of sulfone groups is 1. The second-order valence-corrected chi connectivity index (χ2v) is 10.0. The number of hydrogen-bond donors (Lipinski definition) is 1. The van der Waals surface area contributed by atoms with Gasteiger partial charge >= 0.3 is 6.03 Å². The first-order valence-corrected chi connectivity index (χ1v) is 11.4. The first kappa shape index (κ1) is 18.5. The monoisotopic (exact) mass is 390 g/mol. The summed E-state index contributed by atoms with van der Waals surface area (Å²) in [7, 11) is -3.02. The van der Waals surface area contributed by atoms with Gasteiger partial charge in [-0.2, -0.15) is 0 Å². The van der Waals surface area contributed by atoms with Crippen LogP contribution in [0, 0.1) is 0 Å². The fraction of sp³-hybridized carbons (Fsp3) is 0.550. The Morgan fingerprint density at radius 2 is 2.07 bits per heavy atom. The molecule has 2 saturated heterocycles. The van der Waals surface area contributed by atoms with Crippen molar-refractivity contribution in [2.75, 3.05) is 31.2 Å². The van der Waals surface area contributed by atoms with E-state index in [2.05, 4.69) is 23.5 Å². The average Bonchev–Trinajstić information content (AvgIpc) is 2.96. The first-order valence-electron chi connectivity index (χ1n) is 9.59. The van der Waals surface area contributed by atoms with Gasteiger partial charge < -0.3 is 15.0 Å². The zero-order valence-electron chi connectivity index (χ0n) is 15.4. The van der Waals surface area contributed by atoms with E-state index in [4.69, 9.17) is 4.74 Å². The van der Waals surface area contributed by atoms with E-state index in [9.17, 15) is 13.2 Å². The Bertz CT molecular complexity index is 837. The topological polar surface area (TPSA) is 75.7 Å². The molecule has 3 aliphatic heterocycles. The zero-order chi connectivity index (χ0) is 18.9. The highest BCUT2D eigenvalue weighted by molar-refractivity contribution is 7.91. The molecule has 4 rings (SSSR count). The maximum atomic E-state index is 12.8. The van der Waals surface area contributed by atoms with E-state index in [1.54, 1.807) is 0 Å². The van der Waals surface area contributed by atoms with Gasteiger partial charge in [0.15, 0.2) is 9.84 Å². The predicted octanol–water partition coefficient (Wildman–Crippen LogP) is 2.22. The number of benzene rings is 1. The van der Waals surface area contributed by atoms with Crippen LogP contribution in [0.2, 0.25) is 0 Å². The maximum absolute atomic E-state index is 12.8. The quantitative estimate of drug-likeness (QED) is 0.840. The van der Waals surface area contributed by atoms with Crippen molar-refractivity contribution >= 4 is 21.4 Å². The molecule has 27 heavy (non-hydrogen) atoms. The number of carbonyl (C=O) groups excluding carboxylic acids is 1. The largest absolute Gasteiger partial charge is 0.374 e. The minimum absolute atomic E-state index is 0.0365. The van der Waals surface area contributed by atoms with E-state index >= 15 is 0 Å². The molecule has 0 aliphatic carbocycles. The molecule has 2 unspecified atom stereocenters. The van der Waals surface area contributed by atoms with Crippen molar-refractivity contribution in [2.45, 2.75) is 37.3 Å². The molecule has 0 aromatic heterocycles. The molecule has 0 bridgehead atoms. The minimum atomic E-state index is -3.02. The van der Waals surface area contributed by atoms with Gasteiger partial charge in [-0.05, 0) is 36.8 Å². The number of amides is 2. The summed E-state index contributed by atoms with van der Waals surface area (Å²) in [6, 6.07) is 10.0. The number of urea groups is 1. The predicted molar refractivity (Wildman–Crippen MR) is 104 cm³/mol. The third-order valence-electron chi connectivity index (χ3n) is 5.75. The van der Waals surface area contributed by atoms with Crippen LogP contribution >= 0.6 is 0 Å². The average molecular weight is 391 g/mol. The van der Waals surface area contributed by atoms with Crippen molar-refractivity contribution < 1.29 is 17.9 Å². The van der Waals surface area contributed by atoms with Crippen LogP contribution in [0.4, 0.5) is 4.79 Å². The Kier molecular flexibility index (Phi) is 4.99. The summed E-state index contributed by atoms with van der Waals surface area (Å²) < 4.78 is 29.6. The van der Waals surface area contributed by atoms with Crippen LogP contribution in [-0.2, 0) is 14.6 Å². The van der Waals surface area contributed by atoms with Crippen molar-refractivity contribution in [1.29, 1.82) is 0 Å². The van der Waals surface area contributed by atoms with Gasteiger partial charge in [-0.25, -0.2) is 13.2 Å². The Balaban J connectivity index is 1.37. The number of hydrogen-bond acceptors (Lipinski definition) is 4. The molecule has 2 amide bonds. The van der Waals surface area contributed by atoms with Crippen LogP contribution < -0.4 is 5.32 Å². The standard InChI is InChI=1S/C20H26N2O4S/c23-19(22-10-4-7-17(14-22)16-5-2-1-3-6-16)21-18-8-11-26-20(13-18)9-12-27(24,25)15-20/h1-3,5-7,18H,4,8-15H2,(H,21,23). The highest BCUT2D eigenvalue weighted by atomic mass is 32.2. The highest BCUT2D eigenvalue weighted by Crippen LogP contribution is 2.35. The molecule has 1 N–H and O–H groups in total. The lowest BCUT2D eigenvalue weighted by Gasteiger charge is -2.38. The molecule has 2 fully saturated rings. The molecule has 3 aliphatic rings. The van der Waals surface area contributed by atoms with Crippen molar-refractivity contribution in [3.05, 3.63) is 42.0 Å². The molecule has 2 atom stereocenters. The fourth-order valence-corrected chi connectivity index (χ4v) is 6.33. The Morgan fingerprint density at radius 1 is 1.26 bits per heavy atom. The minimum Gasteiger partial charge on any atom is -0.374 e. The highest BCUT2D eigenvalue weighted by Gasteiger charge is 2.47. The normalized spacial score (nSPS) is 30.1. The smallest absolute Gasteiger partial charge is 0.317 e. The van der Waals surface area contributed by atoms with E-state index in [-0.39, 0.29) is 23.6 Å². The molecule has 6 nitrogen and oxygen atoms in total. The second-order valence-electron chi connectivity index (χ2n) is 7.82. The fourth-order valence-electron chi connectivity index (χ4n) is 4.36. The lowest BCUT2D eigenvalue weighted by atomic mass is 9.90. The van der Waals surface area contributed by atoms with Crippen LogP contribution in [0.25, 0.3) is 5.57 Å². The van der Waals surface area contributed by atoms with Gasteiger partial charge in [0.2, 0.25) is 0 Å². The molecule has 1 aromatic carbocycles. The van der Waals surface area contributed by atoms with Crippen molar-refractivity contribution in [3.8, 4) is 0 Å². The van der Waals surface area contributed by atoms with Crippen LogP contribution in [0.3, 0.4) is 0 Å². The first-order chi connectivity index (χ1) is 12.9. The second kappa shape index (κ2) is 7.28. The van der Waals surface area contributed by atoms with E-state index in [1.807, 2.05) is 23.1 Å². The molecule has 0 saturated carbocycles. The summed E-state index contributed by atoms with van der Waals surface area (Å²) in [5.74, 6) is 0.266. The summed E-state index contributed by atoms with van der Waals surface area (Å²) in [5.41, 5.74) is 1.71. The number of nitrogens with zero attached hydrogens (tertiary/aromatic N) is 1. The number of nitrogens with one attached hydrogen (secondary N) is 1. The summed E-state index contributed by atoms with van der Waals surface area (Å²) in [6.45, 7) is 1.79. The van der Waals surface area contributed by atoms with Crippen molar-refractivity contribution in [2.24, 2.45) is 0 Å². The summed E-state index contributed by atoms with van der Waals surface area (Å²) in [4.78, 5) is 14.6. The Morgan fingerprint density at radius 3 is 2.81 bits per heavy atom. The summed E-state index contributed by atoms with van der Waals surface area (Å²) in [6.07, 6.45) is 4.88. The number of rotatable bonds is 2. The number of ether oxygens (including phenoxy) is 1. The van der Waals surface area contributed by atoms with Gasteiger partial charge in [-0.3, -0.25) is 0 Å². The van der Waals surface area contributed by atoms with Crippen molar-refractivity contribution in [3.63, 3.8) is 0 Å². The Labute approximate surface area is 160 Å². The van der Waals surface area contributed by atoms with Gasteiger partial charge in [-0.1, -0.05) is 36.4 Å². The van der Waals surface area contributed by atoms with Gasteiger partial charge in [0, 0.05) is 25.7 Å². The van der Waals surface area contributed by atoms with Crippen LogP contribution in [0.15, 0.2) is 36.4 Å². The molecule has 1 aromatic rings. The van der Waals surface area contributed by atoms with E-state index in [0.29, 0.717) is 32.5 Å². The third kappa shape index (κ3) is 4.19. The zero-order valence-corrected chi connectivity index (χ0v) is 16.2. The molecule has 0 radical (unpaired) electrons. The van der Waals surface area contributed by atoms with Crippen LogP contribution in [0.5, 0.6) is 0 Å².